The van der Waals surface area contributed by atoms with Crippen molar-refractivity contribution < 1.29 is 14.3 Å². The number of benzene rings is 1. The number of esters is 1. The van der Waals surface area contributed by atoms with E-state index >= 15 is 0 Å². The summed E-state index contributed by atoms with van der Waals surface area (Å²) < 4.78 is 5.02. The van der Waals surface area contributed by atoms with Gasteiger partial charge in [-0.25, -0.2) is 0 Å². The number of carbonyl (C=O) groups excluding carboxylic acids is 2. The van der Waals surface area contributed by atoms with Gasteiger partial charge >= 0.3 is 5.97 Å². The molecule has 0 radical (unpaired) electrons. The lowest BCUT2D eigenvalue weighted by Crippen LogP contribution is -2.41. The maximum atomic E-state index is 12.5. The molecule has 1 aliphatic heterocycles. The maximum absolute atomic E-state index is 12.5. The molecule has 0 bridgehead atoms. The minimum Gasteiger partial charge on any atom is -0.466 e. The molecule has 2 rings (SSSR count). The Hall–Kier alpha value is -2.52. The van der Waals surface area contributed by atoms with Gasteiger partial charge in [-0.1, -0.05) is 17.7 Å². The second kappa shape index (κ2) is 9.25. The predicted octanol–water partition coefficient (Wildman–Crippen LogP) is 3.27. The summed E-state index contributed by atoms with van der Waals surface area (Å²) >= 11 is 6.07. The summed E-state index contributed by atoms with van der Waals surface area (Å²) in [4.78, 5) is 25.9. The molecule has 1 aliphatic rings. The van der Waals surface area contributed by atoms with E-state index in [9.17, 15) is 14.9 Å². The SMILES string of the molecule is CCOC(=O)C1CCN(C(=O)/C(C#N)=C\Nc2ccc(C)c(Cl)c2)CC1. The highest BCUT2D eigenvalue weighted by Gasteiger charge is 2.29. The highest BCUT2D eigenvalue weighted by atomic mass is 35.5. The molecule has 6 nitrogen and oxygen atoms in total. The molecule has 0 atom stereocenters. The third kappa shape index (κ3) is 4.99. The van der Waals surface area contributed by atoms with E-state index in [4.69, 9.17) is 16.3 Å². The number of ether oxygens (including phenoxy) is 1. The van der Waals surface area contributed by atoms with E-state index in [-0.39, 0.29) is 23.4 Å². The summed E-state index contributed by atoms with van der Waals surface area (Å²) in [6, 6.07) is 7.34. The van der Waals surface area contributed by atoms with E-state index < -0.39 is 0 Å². The molecule has 1 N–H and O–H groups in total. The number of amides is 1. The zero-order valence-corrected chi connectivity index (χ0v) is 15.7. The van der Waals surface area contributed by atoms with Crippen LogP contribution in [0.4, 0.5) is 5.69 Å². The zero-order chi connectivity index (χ0) is 19.1. The quantitative estimate of drug-likeness (QED) is 0.485. The normalized spacial score (nSPS) is 15.3. The Bertz CT molecular complexity index is 747. The van der Waals surface area contributed by atoms with Crippen LogP contribution in [0.3, 0.4) is 0 Å². The fourth-order valence-corrected chi connectivity index (χ4v) is 2.91. The van der Waals surface area contributed by atoms with Gasteiger partial charge in [0.25, 0.3) is 5.91 Å². The van der Waals surface area contributed by atoms with Gasteiger partial charge in [-0.05, 0) is 44.4 Å². The van der Waals surface area contributed by atoms with Gasteiger partial charge in [0.2, 0.25) is 0 Å². The maximum Gasteiger partial charge on any atom is 0.309 e. The Labute approximate surface area is 158 Å². The van der Waals surface area contributed by atoms with Crippen molar-refractivity contribution >= 4 is 29.2 Å². The van der Waals surface area contributed by atoms with Crippen molar-refractivity contribution in [2.45, 2.75) is 26.7 Å². The zero-order valence-electron chi connectivity index (χ0n) is 14.9. The van der Waals surface area contributed by atoms with Crippen molar-refractivity contribution in [3.63, 3.8) is 0 Å². The Kier molecular flexibility index (Phi) is 7.05. The van der Waals surface area contributed by atoms with Crippen LogP contribution >= 0.6 is 11.6 Å². The monoisotopic (exact) mass is 375 g/mol. The summed E-state index contributed by atoms with van der Waals surface area (Å²) in [6.45, 7) is 4.88. The van der Waals surface area contributed by atoms with Crippen LogP contribution in [0, 0.1) is 24.2 Å². The fourth-order valence-electron chi connectivity index (χ4n) is 2.73. The van der Waals surface area contributed by atoms with Crippen LogP contribution in [0.25, 0.3) is 0 Å². The molecule has 1 saturated heterocycles. The molecule has 1 aromatic carbocycles. The number of hydrogen-bond acceptors (Lipinski definition) is 5. The van der Waals surface area contributed by atoms with Gasteiger partial charge in [0, 0.05) is 30.0 Å². The van der Waals surface area contributed by atoms with E-state index in [1.54, 1.807) is 17.9 Å². The summed E-state index contributed by atoms with van der Waals surface area (Å²) in [5.41, 5.74) is 1.65. The first-order chi connectivity index (χ1) is 12.5. The van der Waals surface area contributed by atoms with Crippen LogP contribution in [0.2, 0.25) is 5.02 Å². The second-order valence-electron chi connectivity index (χ2n) is 6.10. The van der Waals surface area contributed by atoms with Crippen molar-refractivity contribution in [1.29, 1.82) is 5.26 Å². The van der Waals surface area contributed by atoms with Gasteiger partial charge in [-0.3, -0.25) is 9.59 Å². The minimum atomic E-state index is -0.347. The molecule has 26 heavy (non-hydrogen) atoms. The first-order valence-corrected chi connectivity index (χ1v) is 8.93. The molecule has 1 heterocycles. The summed E-state index contributed by atoms with van der Waals surface area (Å²) in [6.07, 6.45) is 2.48. The molecule has 0 unspecified atom stereocenters. The third-order valence-corrected chi connectivity index (χ3v) is 4.72. The molecule has 138 valence electrons. The number of piperidine rings is 1. The Balaban J connectivity index is 1.97. The second-order valence-corrected chi connectivity index (χ2v) is 6.50. The summed E-state index contributed by atoms with van der Waals surface area (Å²) in [5, 5.41) is 12.9. The number of halogens is 1. The lowest BCUT2D eigenvalue weighted by molar-refractivity contribution is -0.150. The molecular weight excluding hydrogens is 354 g/mol. The first-order valence-electron chi connectivity index (χ1n) is 8.55. The molecule has 0 spiro atoms. The van der Waals surface area contributed by atoms with Crippen molar-refractivity contribution in [3.8, 4) is 6.07 Å². The highest BCUT2D eigenvalue weighted by Crippen LogP contribution is 2.22. The van der Waals surface area contributed by atoms with Crippen LogP contribution in [0.1, 0.15) is 25.3 Å². The van der Waals surface area contributed by atoms with Gasteiger partial charge in [0.05, 0.1) is 12.5 Å². The number of nitrogens with zero attached hydrogens (tertiary/aromatic N) is 2. The number of nitrogens with one attached hydrogen (secondary N) is 1. The number of carbonyl (C=O) groups is 2. The van der Waals surface area contributed by atoms with Gasteiger partial charge < -0.3 is 15.0 Å². The van der Waals surface area contributed by atoms with Crippen molar-refractivity contribution in [1.82, 2.24) is 4.90 Å². The van der Waals surface area contributed by atoms with E-state index in [2.05, 4.69) is 5.32 Å². The number of anilines is 1. The molecule has 0 saturated carbocycles. The highest BCUT2D eigenvalue weighted by molar-refractivity contribution is 6.31. The Morgan fingerprint density at radius 3 is 2.69 bits per heavy atom. The summed E-state index contributed by atoms with van der Waals surface area (Å²) in [7, 11) is 0. The van der Waals surface area contributed by atoms with Crippen LogP contribution in [-0.2, 0) is 14.3 Å². The number of rotatable bonds is 5. The average molecular weight is 376 g/mol. The van der Waals surface area contributed by atoms with Crippen LogP contribution < -0.4 is 5.32 Å². The van der Waals surface area contributed by atoms with E-state index in [0.717, 1.165) is 5.56 Å². The minimum absolute atomic E-state index is 0.0104. The number of nitriles is 1. The van der Waals surface area contributed by atoms with Crippen molar-refractivity contribution in [2.75, 3.05) is 25.0 Å². The van der Waals surface area contributed by atoms with Crippen LogP contribution in [-0.4, -0.2) is 36.5 Å². The van der Waals surface area contributed by atoms with Crippen LogP contribution in [0.5, 0.6) is 0 Å². The molecule has 0 aromatic heterocycles. The average Bonchev–Trinajstić information content (AvgIpc) is 2.65. The third-order valence-electron chi connectivity index (χ3n) is 4.31. The van der Waals surface area contributed by atoms with E-state index in [1.165, 1.54) is 6.20 Å². The number of likely N-dealkylation sites (tertiary alicyclic amines) is 1. The molecule has 0 aliphatic carbocycles. The van der Waals surface area contributed by atoms with Crippen LogP contribution in [0.15, 0.2) is 30.0 Å². The summed E-state index contributed by atoms with van der Waals surface area (Å²) in [5.74, 6) is -0.740. The smallest absolute Gasteiger partial charge is 0.309 e. The van der Waals surface area contributed by atoms with E-state index in [0.29, 0.717) is 43.2 Å². The van der Waals surface area contributed by atoms with E-state index in [1.807, 2.05) is 25.1 Å². The molecule has 1 fully saturated rings. The lowest BCUT2D eigenvalue weighted by atomic mass is 9.96. The number of aryl methyl sites for hydroxylation is 1. The molecule has 7 heteroatoms. The molecule has 1 amide bonds. The van der Waals surface area contributed by atoms with Gasteiger partial charge in [0.1, 0.15) is 11.6 Å². The standard InChI is InChI=1S/C19H22ClN3O3/c1-3-26-19(25)14-6-8-23(9-7-14)18(24)15(11-21)12-22-16-5-4-13(2)17(20)10-16/h4-5,10,12,14,22H,3,6-9H2,1-2H3/b15-12-. The first kappa shape index (κ1) is 19.8. The van der Waals surface area contributed by atoms with Crippen molar-refractivity contribution in [2.24, 2.45) is 5.92 Å². The lowest BCUT2D eigenvalue weighted by Gasteiger charge is -2.30. The molecular formula is C19H22ClN3O3. The fraction of sp³-hybridized carbons (Fsp3) is 0.421. The number of hydrogen-bond donors (Lipinski definition) is 1. The van der Waals surface area contributed by atoms with Gasteiger partial charge in [0.15, 0.2) is 0 Å². The predicted molar refractivity (Wildman–Crippen MR) is 99.4 cm³/mol. The Morgan fingerprint density at radius 1 is 1.42 bits per heavy atom. The topological polar surface area (TPSA) is 82.4 Å². The van der Waals surface area contributed by atoms with Crippen molar-refractivity contribution in [3.05, 3.63) is 40.6 Å². The molecule has 1 aromatic rings. The van der Waals surface area contributed by atoms with Gasteiger partial charge in [-0.2, -0.15) is 5.26 Å². The largest absolute Gasteiger partial charge is 0.466 e. The Morgan fingerprint density at radius 2 is 2.12 bits per heavy atom. The van der Waals surface area contributed by atoms with Gasteiger partial charge in [-0.15, -0.1) is 0 Å².